The Labute approximate surface area is 117 Å². The molecule has 3 fully saturated rings. The minimum atomic E-state index is 0.320. The fourth-order valence-electron chi connectivity index (χ4n) is 4.23. The van der Waals surface area contributed by atoms with Crippen molar-refractivity contribution in [2.24, 2.45) is 11.1 Å². The largest absolute Gasteiger partial charge is 0.381 e. The number of nitrogens with zero attached hydrogens (tertiary/aromatic N) is 2. The molecule has 0 aromatic heterocycles. The van der Waals surface area contributed by atoms with E-state index in [9.17, 15) is 0 Å². The number of rotatable bonds is 3. The van der Waals surface area contributed by atoms with Crippen LogP contribution >= 0.6 is 0 Å². The Hall–Kier alpha value is -0.160. The lowest BCUT2D eigenvalue weighted by atomic mass is 9.79. The van der Waals surface area contributed by atoms with Crippen LogP contribution in [0.5, 0.6) is 0 Å². The topological polar surface area (TPSA) is 41.7 Å². The molecule has 3 saturated heterocycles. The summed E-state index contributed by atoms with van der Waals surface area (Å²) >= 11 is 0. The molecule has 4 nitrogen and oxygen atoms in total. The van der Waals surface area contributed by atoms with Gasteiger partial charge < -0.3 is 15.4 Å². The molecule has 0 radical (unpaired) electrons. The van der Waals surface area contributed by atoms with Crippen LogP contribution in [0.3, 0.4) is 0 Å². The summed E-state index contributed by atoms with van der Waals surface area (Å²) in [5.41, 5.74) is 6.42. The number of likely N-dealkylation sites (tertiary alicyclic amines) is 1. The van der Waals surface area contributed by atoms with Crippen molar-refractivity contribution in [1.82, 2.24) is 9.80 Å². The Morgan fingerprint density at radius 3 is 2.63 bits per heavy atom. The summed E-state index contributed by atoms with van der Waals surface area (Å²) in [6, 6.07) is 1.61. The van der Waals surface area contributed by atoms with Gasteiger partial charge in [-0.2, -0.15) is 0 Å². The summed E-state index contributed by atoms with van der Waals surface area (Å²) in [4.78, 5) is 5.32. The van der Waals surface area contributed by atoms with Gasteiger partial charge in [-0.05, 0) is 57.7 Å². The molecule has 0 aliphatic carbocycles. The first-order valence-corrected chi connectivity index (χ1v) is 7.95. The van der Waals surface area contributed by atoms with Gasteiger partial charge in [-0.1, -0.05) is 0 Å². The van der Waals surface area contributed by atoms with Crippen molar-refractivity contribution in [3.05, 3.63) is 0 Å². The SMILES string of the molecule is CN1C2CCC1CN(CC1(CN)CCOCC1)CC2. The van der Waals surface area contributed by atoms with Crippen molar-refractivity contribution in [2.45, 2.75) is 44.2 Å². The zero-order valence-corrected chi connectivity index (χ0v) is 12.3. The molecule has 2 N–H and O–H groups in total. The number of hydrogen-bond acceptors (Lipinski definition) is 4. The van der Waals surface area contributed by atoms with E-state index in [1.165, 1.54) is 38.9 Å². The lowest BCUT2D eigenvalue weighted by molar-refractivity contribution is -0.00126. The quantitative estimate of drug-likeness (QED) is 0.825. The van der Waals surface area contributed by atoms with Crippen molar-refractivity contribution in [2.75, 3.05) is 46.4 Å². The van der Waals surface area contributed by atoms with Gasteiger partial charge in [-0.3, -0.25) is 4.90 Å². The van der Waals surface area contributed by atoms with Crippen molar-refractivity contribution in [3.8, 4) is 0 Å². The molecule has 4 heteroatoms. The van der Waals surface area contributed by atoms with E-state index in [0.717, 1.165) is 44.7 Å². The minimum absolute atomic E-state index is 0.320. The maximum atomic E-state index is 6.11. The van der Waals surface area contributed by atoms with Crippen LogP contribution in [0, 0.1) is 5.41 Å². The lowest BCUT2D eigenvalue weighted by Gasteiger charge is -2.40. The van der Waals surface area contributed by atoms with Crippen molar-refractivity contribution < 1.29 is 4.74 Å². The maximum Gasteiger partial charge on any atom is 0.0472 e. The van der Waals surface area contributed by atoms with E-state index in [4.69, 9.17) is 10.5 Å². The van der Waals surface area contributed by atoms with Gasteiger partial charge >= 0.3 is 0 Å². The Bertz CT molecular complexity index is 304. The second-order valence-corrected chi connectivity index (χ2v) is 6.89. The molecule has 0 spiro atoms. The van der Waals surface area contributed by atoms with Gasteiger partial charge in [0.1, 0.15) is 0 Å². The molecule has 2 atom stereocenters. The first-order valence-electron chi connectivity index (χ1n) is 7.95. The van der Waals surface area contributed by atoms with E-state index < -0.39 is 0 Å². The molecule has 0 aromatic carbocycles. The third kappa shape index (κ3) is 2.82. The van der Waals surface area contributed by atoms with Gasteiger partial charge in [-0.15, -0.1) is 0 Å². The van der Waals surface area contributed by atoms with E-state index in [-0.39, 0.29) is 0 Å². The second kappa shape index (κ2) is 5.68. The average molecular weight is 267 g/mol. The van der Waals surface area contributed by atoms with Gasteiger partial charge in [0.05, 0.1) is 0 Å². The Morgan fingerprint density at radius 1 is 1.16 bits per heavy atom. The average Bonchev–Trinajstić information content (AvgIpc) is 2.68. The van der Waals surface area contributed by atoms with Crippen molar-refractivity contribution >= 4 is 0 Å². The van der Waals surface area contributed by atoms with Crippen molar-refractivity contribution in [3.63, 3.8) is 0 Å². The molecule has 3 aliphatic rings. The van der Waals surface area contributed by atoms with Crippen LogP contribution < -0.4 is 5.73 Å². The fraction of sp³-hybridized carbons (Fsp3) is 1.00. The monoisotopic (exact) mass is 267 g/mol. The molecule has 2 unspecified atom stereocenters. The van der Waals surface area contributed by atoms with E-state index in [1.807, 2.05) is 0 Å². The van der Waals surface area contributed by atoms with E-state index in [2.05, 4.69) is 16.8 Å². The second-order valence-electron chi connectivity index (χ2n) is 6.89. The molecule has 110 valence electrons. The zero-order valence-electron chi connectivity index (χ0n) is 12.3. The van der Waals surface area contributed by atoms with Gasteiger partial charge in [0.15, 0.2) is 0 Å². The number of hydrogen-bond donors (Lipinski definition) is 1. The maximum absolute atomic E-state index is 6.11. The molecule has 2 bridgehead atoms. The smallest absolute Gasteiger partial charge is 0.0472 e. The molecule has 0 aromatic rings. The number of fused-ring (bicyclic) bond motifs is 2. The van der Waals surface area contributed by atoms with Crippen LogP contribution in [0.1, 0.15) is 32.1 Å². The fourth-order valence-corrected chi connectivity index (χ4v) is 4.23. The lowest BCUT2D eigenvalue weighted by Crippen LogP contribution is -2.48. The Kier molecular flexibility index (Phi) is 4.13. The number of ether oxygens (including phenoxy) is 1. The molecule has 19 heavy (non-hydrogen) atoms. The van der Waals surface area contributed by atoms with Gasteiger partial charge in [0, 0.05) is 38.4 Å². The van der Waals surface area contributed by atoms with Crippen LogP contribution in [0.15, 0.2) is 0 Å². The zero-order chi connectivity index (χ0) is 13.3. The summed E-state index contributed by atoms with van der Waals surface area (Å²) in [5.74, 6) is 0. The van der Waals surface area contributed by atoms with Crippen LogP contribution in [0.2, 0.25) is 0 Å². The summed E-state index contributed by atoms with van der Waals surface area (Å²) in [6.45, 7) is 6.30. The summed E-state index contributed by atoms with van der Waals surface area (Å²) < 4.78 is 5.52. The predicted octanol–water partition coefficient (Wildman–Crippen LogP) is 0.910. The molecule has 3 aliphatic heterocycles. The first kappa shape index (κ1) is 13.8. The summed E-state index contributed by atoms with van der Waals surface area (Å²) in [6.07, 6.45) is 6.42. The summed E-state index contributed by atoms with van der Waals surface area (Å²) in [5, 5.41) is 0. The van der Waals surface area contributed by atoms with Gasteiger partial charge in [-0.25, -0.2) is 0 Å². The van der Waals surface area contributed by atoms with Crippen LogP contribution in [0.4, 0.5) is 0 Å². The van der Waals surface area contributed by atoms with Crippen LogP contribution in [-0.4, -0.2) is 68.3 Å². The highest BCUT2D eigenvalue weighted by molar-refractivity contribution is 4.94. The van der Waals surface area contributed by atoms with Crippen LogP contribution in [0.25, 0.3) is 0 Å². The van der Waals surface area contributed by atoms with Crippen LogP contribution in [-0.2, 0) is 4.74 Å². The van der Waals surface area contributed by atoms with E-state index in [0.29, 0.717) is 5.41 Å². The Morgan fingerprint density at radius 2 is 1.89 bits per heavy atom. The number of nitrogens with two attached hydrogens (primary N) is 1. The third-order valence-electron chi connectivity index (χ3n) is 5.78. The standard InChI is InChI=1S/C15H29N3O/c1-17-13-2-3-14(17)10-18(7-4-13)12-15(11-16)5-8-19-9-6-15/h13-14H,2-12,16H2,1H3. The molecule has 3 heterocycles. The van der Waals surface area contributed by atoms with Crippen molar-refractivity contribution in [1.29, 1.82) is 0 Å². The minimum Gasteiger partial charge on any atom is -0.381 e. The molecular formula is C15H29N3O. The number of likely N-dealkylation sites (N-methyl/N-ethyl adjacent to an activating group) is 1. The van der Waals surface area contributed by atoms with E-state index >= 15 is 0 Å². The predicted molar refractivity (Wildman–Crippen MR) is 77.2 cm³/mol. The Balaban J connectivity index is 1.62. The molecule has 0 saturated carbocycles. The highest BCUT2D eigenvalue weighted by Crippen LogP contribution is 2.33. The molecular weight excluding hydrogens is 238 g/mol. The van der Waals surface area contributed by atoms with Gasteiger partial charge in [0.25, 0.3) is 0 Å². The molecule has 0 amide bonds. The third-order valence-corrected chi connectivity index (χ3v) is 5.78. The van der Waals surface area contributed by atoms with Gasteiger partial charge in [0.2, 0.25) is 0 Å². The highest BCUT2D eigenvalue weighted by atomic mass is 16.5. The first-order chi connectivity index (χ1) is 9.22. The highest BCUT2D eigenvalue weighted by Gasteiger charge is 2.38. The van der Waals surface area contributed by atoms with E-state index in [1.54, 1.807) is 0 Å². The normalized spacial score (nSPS) is 36.3. The molecule has 3 rings (SSSR count). The summed E-state index contributed by atoms with van der Waals surface area (Å²) in [7, 11) is 2.32.